The molecule has 0 aromatic rings. The second-order valence-corrected chi connectivity index (χ2v) is 6.89. The van der Waals surface area contributed by atoms with Crippen molar-refractivity contribution in [3.05, 3.63) is 0 Å². The molecule has 0 aliphatic rings. The molecule has 118 valence electrons. The number of urea groups is 1. The lowest BCUT2D eigenvalue weighted by atomic mass is 10.1. The fourth-order valence-corrected chi connectivity index (χ4v) is 1.98. The van der Waals surface area contributed by atoms with E-state index in [9.17, 15) is 9.59 Å². The van der Waals surface area contributed by atoms with Crippen molar-refractivity contribution in [2.75, 3.05) is 13.1 Å². The van der Waals surface area contributed by atoms with Crippen LogP contribution in [0.3, 0.4) is 0 Å². The van der Waals surface area contributed by atoms with E-state index in [-0.39, 0.29) is 25.0 Å². The van der Waals surface area contributed by atoms with E-state index >= 15 is 0 Å². The molecule has 1 N–H and O–H groups in total. The van der Waals surface area contributed by atoms with Gasteiger partial charge in [-0.25, -0.2) is 4.79 Å². The number of carboxylic acid groups (broad SMARTS) is 1. The minimum absolute atomic E-state index is 0.0311. The molecular weight excluding hydrogens is 256 g/mol. The Labute approximate surface area is 122 Å². The largest absolute Gasteiger partial charge is 0.481 e. The highest BCUT2D eigenvalue weighted by atomic mass is 16.4. The lowest BCUT2D eigenvalue weighted by molar-refractivity contribution is -0.137. The smallest absolute Gasteiger partial charge is 0.320 e. The van der Waals surface area contributed by atoms with Gasteiger partial charge < -0.3 is 14.9 Å². The molecule has 0 aromatic carbocycles. The summed E-state index contributed by atoms with van der Waals surface area (Å²) >= 11 is 0. The number of hydrogen-bond acceptors (Lipinski definition) is 2. The van der Waals surface area contributed by atoms with E-state index in [1.54, 1.807) is 4.90 Å². The first-order valence-electron chi connectivity index (χ1n) is 7.26. The zero-order valence-electron chi connectivity index (χ0n) is 13.9. The van der Waals surface area contributed by atoms with Crippen LogP contribution < -0.4 is 0 Å². The van der Waals surface area contributed by atoms with Crippen LogP contribution >= 0.6 is 0 Å². The standard InChI is InChI=1S/C15H30N2O3/c1-11(2)10-16(12(3)4)14(20)17(15(5,6)7)9-8-13(18)19/h11-12H,8-10H2,1-7H3,(H,18,19). The van der Waals surface area contributed by atoms with Gasteiger partial charge in [-0.15, -0.1) is 0 Å². The molecule has 0 aromatic heterocycles. The molecule has 0 rings (SSSR count). The van der Waals surface area contributed by atoms with E-state index in [1.165, 1.54) is 0 Å². The summed E-state index contributed by atoms with van der Waals surface area (Å²) in [6.07, 6.45) is -0.0311. The fourth-order valence-electron chi connectivity index (χ4n) is 1.98. The van der Waals surface area contributed by atoms with Crippen molar-refractivity contribution < 1.29 is 14.7 Å². The zero-order valence-corrected chi connectivity index (χ0v) is 13.9. The fraction of sp³-hybridized carbons (Fsp3) is 0.867. The summed E-state index contributed by atoms with van der Waals surface area (Å²) in [7, 11) is 0. The third-order valence-corrected chi connectivity index (χ3v) is 3.02. The molecule has 5 nitrogen and oxygen atoms in total. The van der Waals surface area contributed by atoms with Crippen LogP contribution in [0, 0.1) is 5.92 Å². The lowest BCUT2D eigenvalue weighted by Crippen LogP contribution is -2.54. The Morgan fingerprint density at radius 2 is 1.60 bits per heavy atom. The number of rotatable bonds is 6. The molecule has 5 heteroatoms. The Hall–Kier alpha value is -1.26. The molecule has 0 aliphatic carbocycles. The van der Waals surface area contributed by atoms with Crippen molar-refractivity contribution in [1.82, 2.24) is 9.80 Å². The summed E-state index contributed by atoms with van der Waals surface area (Å²) in [6.45, 7) is 14.8. The molecule has 0 saturated carbocycles. The van der Waals surface area contributed by atoms with Gasteiger partial charge in [0.1, 0.15) is 0 Å². The molecule has 2 amide bonds. The first kappa shape index (κ1) is 18.7. The van der Waals surface area contributed by atoms with Gasteiger partial charge >= 0.3 is 12.0 Å². The Morgan fingerprint density at radius 1 is 1.10 bits per heavy atom. The van der Waals surface area contributed by atoms with Crippen LogP contribution in [0.4, 0.5) is 4.79 Å². The Balaban J connectivity index is 5.12. The van der Waals surface area contributed by atoms with Gasteiger partial charge in [0.25, 0.3) is 0 Å². The van der Waals surface area contributed by atoms with Gasteiger partial charge in [-0.2, -0.15) is 0 Å². The SMILES string of the molecule is CC(C)CN(C(=O)N(CCC(=O)O)C(C)(C)C)C(C)C. The molecule has 0 unspecified atom stereocenters. The Bertz CT molecular complexity index is 333. The average Bonchev–Trinajstić information content (AvgIpc) is 2.22. The summed E-state index contributed by atoms with van der Waals surface area (Å²) in [6, 6.07) is 0.0158. The highest BCUT2D eigenvalue weighted by molar-refractivity contribution is 5.76. The molecule has 20 heavy (non-hydrogen) atoms. The van der Waals surface area contributed by atoms with Crippen molar-refractivity contribution >= 4 is 12.0 Å². The number of nitrogens with zero attached hydrogens (tertiary/aromatic N) is 2. The van der Waals surface area contributed by atoms with E-state index in [2.05, 4.69) is 13.8 Å². The number of carboxylic acids is 1. The van der Waals surface area contributed by atoms with E-state index < -0.39 is 11.5 Å². The molecular formula is C15H30N2O3. The van der Waals surface area contributed by atoms with Crippen molar-refractivity contribution in [3.8, 4) is 0 Å². The van der Waals surface area contributed by atoms with Gasteiger partial charge in [-0.3, -0.25) is 4.79 Å². The second-order valence-electron chi connectivity index (χ2n) is 6.89. The first-order valence-corrected chi connectivity index (χ1v) is 7.26. The van der Waals surface area contributed by atoms with E-state index in [0.29, 0.717) is 12.5 Å². The molecule has 0 radical (unpaired) electrons. The summed E-state index contributed by atoms with van der Waals surface area (Å²) in [5.41, 5.74) is -0.392. The quantitative estimate of drug-likeness (QED) is 0.816. The van der Waals surface area contributed by atoms with Crippen LogP contribution in [-0.2, 0) is 4.79 Å². The van der Waals surface area contributed by atoms with Gasteiger partial charge in [0.05, 0.1) is 6.42 Å². The van der Waals surface area contributed by atoms with Gasteiger partial charge in [0.15, 0.2) is 0 Å². The van der Waals surface area contributed by atoms with Gasteiger partial charge in [-0.05, 0) is 40.5 Å². The number of carbonyl (C=O) groups is 2. The average molecular weight is 286 g/mol. The van der Waals surface area contributed by atoms with Crippen LogP contribution in [0.1, 0.15) is 54.9 Å². The maximum absolute atomic E-state index is 12.7. The number of carbonyl (C=O) groups excluding carboxylic acids is 1. The molecule has 0 aliphatic heterocycles. The second kappa shape index (κ2) is 7.50. The molecule has 0 atom stereocenters. The minimum atomic E-state index is -0.882. The number of aliphatic carboxylic acids is 1. The minimum Gasteiger partial charge on any atom is -0.481 e. The van der Waals surface area contributed by atoms with Crippen molar-refractivity contribution in [3.63, 3.8) is 0 Å². The van der Waals surface area contributed by atoms with E-state index in [0.717, 1.165) is 0 Å². The van der Waals surface area contributed by atoms with Crippen molar-refractivity contribution in [2.24, 2.45) is 5.92 Å². The van der Waals surface area contributed by atoms with Crippen molar-refractivity contribution in [1.29, 1.82) is 0 Å². The first-order chi connectivity index (χ1) is 8.96. The summed E-state index contributed by atoms with van der Waals surface area (Å²) in [5, 5.41) is 8.85. The molecule has 0 saturated heterocycles. The molecule has 0 bridgehead atoms. The predicted molar refractivity (Wildman–Crippen MR) is 80.8 cm³/mol. The Kier molecular flexibility index (Phi) is 7.03. The monoisotopic (exact) mass is 286 g/mol. The summed E-state index contributed by atoms with van der Waals surface area (Å²) in [4.78, 5) is 27.0. The highest BCUT2D eigenvalue weighted by Crippen LogP contribution is 2.18. The third kappa shape index (κ3) is 6.26. The van der Waals surface area contributed by atoms with E-state index in [1.807, 2.05) is 39.5 Å². The third-order valence-electron chi connectivity index (χ3n) is 3.02. The van der Waals surface area contributed by atoms with Crippen LogP contribution in [-0.4, -0.2) is 51.6 Å². The van der Waals surface area contributed by atoms with Gasteiger partial charge in [-0.1, -0.05) is 13.8 Å². The van der Waals surface area contributed by atoms with Crippen LogP contribution in [0.5, 0.6) is 0 Å². The maximum atomic E-state index is 12.7. The highest BCUT2D eigenvalue weighted by Gasteiger charge is 2.31. The summed E-state index contributed by atoms with van der Waals surface area (Å²) in [5.74, 6) is -0.505. The van der Waals surface area contributed by atoms with Crippen molar-refractivity contribution in [2.45, 2.75) is 66.5 Å². The van der Waals surface area contributed by atoms with Gasteiger partial charge in [0.2, 0.25) is 0 Å². The normalized spacial score (nSPS) is 11.8. The number of hydrogen-bond donors (Lipinski definition) is 1. The predicted octanol–water partition coefficient (Wildman–Crippen LogP) is 3.05. The molecule has 0 heterocycles. The topological polar surface area (TPSA) is 60.9 Å². The molecule has 0 spiro atoms. The van der Waals surface area contributed by atoms with Gasteiger partial charge in [0, 0.05) is 24.7 Å². The van der Waals surface area contributed by atoms with Crippen LogP contribution in [0.25, 0.3) is 0 Å². The lowest BCUT2D eigenvalue weighted by Gasteiger charge is -2.41. The molecule has 0 fully saturated rings. The van der Waals surface area contributed by atoms with Crippen LogP contribution in [0.15, 0.2) is 0 Å². The van der Waals surface area contributed by atoms with Crippen LogP contribution in [0.2, 0.25) is 0 Å². The summed E-state index contributed by atoms with van der Waals surface area (Å²) < 4.78 is 0. The Morgan fingerprint density at radius 3 is 1.90 bits per heavy atom. The van der Waals surface area contributed by atoms with E-state index in [4.69, 9.17) is 5.11 Å². The zero-order chi connectivity index (χ0) is 16.1. The number of amides is 2. The maximum Gasteiger partial charge on any atom is 0.320 e.